The summed E-state index contributed by atoms with van der Waals surface area (Å²) in [7, 11) is 3.37. The quantitative estimate of drug-likeness (QED) is 0.0756. The molecule has 0 aliphatic carbocycles. The lowest BCUT2D eigenvalue weighted by Gasteiger charge is -2.41. The molecular weight excluding hydrogens is 783 g/mol. The van der Waals surface area contributed by atoms with Crippen molar-refractivity contribution in [3.05, 3.63) is 132 Å². The molecule has 0 unspecified atom stereocenters. The number of nitrogens with two attached hydrogens (primary N) is 1. The maximum atomic E-state index is 12.3. The van der Waals surface area contributed by atoms with Crippen molar-refractivity contribution >= 4 is 17.3 Å². The van der Waals surface area contributed by atoms with Gasteiger partial charge in [-0.15, -0.1) is 0 Å². The SMILES string of the molecule is CCCOc1ccc(N2CC(Oc3ccc([C@H](C)CC(=O)OCc4ccccc4)cc3)C2)c(OC)c1.CCCOc1ccc(N2CC(Oc3ccc([C@H](C)N)cc3)C2)c(OC)c1. The van der Waals surface area contributed by atoms with Crippen molar-refractivity contribution in [2.24, 2.45) is 5.73 Å². The zero-order valence-electron chi connectivity index (χ0n) is 37.1. The molecule has 7 rings (SSSR count). The summed E-state index contributed by atoms with van der Waals surface area (Å²) in [6.45, 7) is 13.2. The number of rotatable bonds is 20. The van der Waals surface area contributed by atoms with Crippen LogP contribution < -0.4 is 44.0 Å². The number of carbonyl (C=O) groups is 1. The first kappa shape index (κ1) is 45.5. The number of anilines is 2. The van der Waals surface area contributed by atoms with Gasteiger partial charge in [-0.2, -0.15) is 0 Å². The highest BCUT2D eigenvalue weighted by atomic mass is 16.5. The minimum Gasteiger partial charge on any atom is -0.494 e. The smallest absolute Gasteiger partial charge is 0.306 e. The molecule has 330 valence electrons. The lowest BCUT2D eigenvalue weighted by molar-refractivity contribution is -0.145. The Morgan fingerprint density at radius 1 is 0.629 bits per heavy atom. The van der Waals surface area contributed by atoms with E-state index in [9.17, 15) is 4.79 Å². The number of methoxy groups -OCH3 is 2. The van der Waals surface area contributed by atoms with E-state index in [2.05, 4.69) is 29.7 Å². The highest BCUT2D eigenvalue weighted by molar-refractivity contribution is 5.70. The Morgan fingerprint density at radius 2 is 1.08 bits per heavy atom. The maximum absolute atomic E-state index is 12.3. The van der Waals surface area contributed by atoms with Gasteiger partial charge in [0.1, 0.15) is 53.3 Å². The second-order valence-corrected chi connectivity index (χ2v) is 15.8. The van der Waals surface area contributed by atoms with Crippen LogP contribution in [-0.4, -0.2) is 71.8 Å². The second kappa shape index (κ2) is 22.7. The standard InChI is InChI=1S/C30H35NO5.C21H28N2O3/c1-4-16-34-26-14-15-28(29(18-26)33-3)31-19-27(20-31)36-25-12-10-24(11-13-25)22(2)17-30(32)35-21-23-8-6-5-7-9-23;1-4-11-25-18-9-10-20(21(12-18)24-3)23-13-19(14-23)26-17-7-5-16(6-8-17)15(2)22/h5-15,18,22,27H,4,16-17,19-21H2,1-3H3;5-10,12,15,19H,4,11,13-14,22H2,1-3H3/t22-;15-/m10/s1. The van der Waals surface area contributed by atoms with Crippen LogP contribution in [0.15, 0.2) is 115 Å². The summed E-state index contributed by atoms with van der Waals surface area (Å²) in [6, 6.07) is 37.8. The van der Waals surface area contributed by atoms with Gasteiger partial charge in [0.25, 0.3) is 0 Å². The van der Waals surface area contributed by atoms with E-state index in [1.807, 2.05) is 123 Å². The van der Waals surface area contributed by atoms with Crippen LogP contribution in [0.25, 0.3) is 0 Å². The molecule has 11 heteroatoms. The van der Waals surface area contributed by atoms with Crippen molar-refractivity contribution in [3.8, 4) is 34.5 Å². The Labute approximate surface area is 367 Å². The number of esters is 1. The summed E-state index contributed by atoms with van der Waals surface area (Å²) < 4.78 is 40.1. The van der Waals surface area contributed by atoms with Crippen molar-refractivity contribution in [3.63, 3.8) is 0 Å². The van der Waals surface area contributed by atoms with Crippen LogP contribution in [0.4, 0.5) is 11.4 Å². The zero-order chi connectivity index (χ0) is 43.8. The second-order valence-electron chi connectivity index (χ2n) is 15.8. The van der Waals surface area contributed by atoms with Crippen LogP contribution >= 0.6 is 0 Å². The molecule has 2 aliphatic rings. The van der Waals surface area contributed by atoms with Crippen molar-refractivity contribution in [2.45, 2.75) is 77.7 Å². The van der Waals surface area contributed by atoms with Gasteiger partial charge in [-0.3, -0.25) is 4.79 Å². The average molecular weight is 846 g/mol. The third-order valence-corrected chi connectivity index (χ3v) is 10.8. The minimum atomic E-state index is -0.193. The van der Waals surface area contributed by atoms with Gasteiger partial charge in [0.05, 0.1) is 71.4 Å². The van der Waals surface area contributed by atoms with Gasteiger partial charge < -0.3 is 48.7 Å². The first-order chi connectivity index (χ1) is 30.2. The molecule has 0 amide bonds. The molecule has 5 aromatic carbocycles. The average Bonchev–Trinajstić information content (AvgIpc) is 3.27. The Balaban J connectivity index is 0.000000218. The highest BCUT2D eigenvalue weighted by Gasteiger charge is 2.32. The topological polar surface area (TPSA) is 114 Å². The van der Waals surface area contributed by atoms with Gasteiger partial charge in [0, 0.05) is 18.2 Å². The molecule has 0 aromatic heterocycles. The lowest BCUT2D eigenvalue weighted by atomic mass is 9.98. The van der Waals surface area contributed by atoms with Gasteiger partial charge in [0.2, 0.25) is 0 Å². The molecule has 2 atom stereocenters. The predicted octanol–water partition coefficient (Wildman–Crippen LogP) is 9.76. The molecule has 62 heavy (non-hydrogen) atoms. The van der Waals surface area contributed by atoms with Gasteiger partial charge in [-0.1, -0.05) is 75.4 Å². The monoisotopic (exact) mass is 845 g/mol. The molecule has 11 nitrogen and oxygen atoms in total. The van der Waals surface area contributed by atoms with E-state index in [1.54, 1.807) is 14.2 Å². The predicted molar refractivity (Wildman–Crippen MR) is 246 cm³/mol. The molecule has 2 heterocycles. The summed E-state index contributed by atoms with van der Waals surface area (Å²) in [5, 5.41) is 0. The highest BCUT2D eigenvalue weighted by Crippen LogP contribution is 2.37. The summed E-state index contributed by atoms with van der Waals surface area (Å²) >= 11 is 0. The number of benzene rings is 5. The molecule has 0 saturated carbocycles. The fourth-order valence-corrected chi connectivity index (χ4v) is 7.15. The third-order valence-electron chi connectivity index (χ3n) is 10.8. The fraction of sp³-hybridized carbons (Fsp3) is 0.392. The maximum Gasteiger partial charge on any atom is 0.306 e. The number of ether oxygens (including phenoxy) is 7. The Hall–Kier alpha value is -6.07. The van der Waals surface area contributed by atoms with E-state index in [1.165, 1.54) is 0 Å². The van der Waals surface area contributed by atoms with Crippen LogP contribution in [0.5, 0.6) is 34.5 Å². The van der Waals surface area contributed by atoms with E-state index in [0.717, 1.165) is 102 Å². The van der Waals surface area contributed by atoms with Crippen molar-refractivity contribution in [1.29, 1.82) is 0 Å². The fourth-order valence-electron chi connectivity index (χ4n) is 7.15. The molecular formula is C51H63N3O8. The molecule has 5 aromatic rings. The molecule has 2 saturated heterocycles. The Kier molecular flexibility index (Phi) is 16.6. The first-order valence-corrected chi connectivity index (χ1v) is 21.8. The first-order valence-electron chi connectivity index (χ1n) is 21.8. The van der Waals surface area contributed by atoms with E-state index in [-0.39, 0.29) is 30.1 Å². The molecule has 0 spiro atoms. The van der Waals surface area contributed by atoms with E-state index < -0.39 is 0 Å². The van der Waals surface area contributed by atoms with E-state index in [0.29, 0.717) is 26.2 Å². The molecule has 0 radical (unpaired) electrons. The van der Waals surface area contributed by atoms with Crippen molar-refractivity contribution in [1.82, 2.24) is 0 Å². The summed E-state index contributed by atoms with van der Waals surface area (Å²) in [5.74, 6) is 4.90. The van der Waals surface area contributed by atoms with Gasteiger partial charge in [0.15, 0.2) is 0 Å². The Morgan fingerprint density at radius 3 is 1.52 bits per heavy atom. The van der Waals surface area contributed by atoms with Crippen LogP contribution in [0, 0.1) is 0 Å². The minimum absolute atomic E-state index is 0.0417. The normalized spacial score (nSPS) is 14.6. The summed E-state index contributed by atoms with van der Waals surface area (Å²) in [4.78, 5) is 16.7. The number of carbonyl (C=O) groups excluding carboxylic acids is 1. The lowest BCUT2D eigenvalue weighted by Crippen LogP contribution is -2.54. The van der Waals surface area contributed by atoms with Crippen LogP contribution in [0.3, 0.4) is 0 Å². The van der Waals surface area contributed by atoms with Gasteiger partial charge in [-0.25, -0.2) is 0 Å². The molecule has 2 fully saturated rings. The molecule has 0 bridgehead atoms. The summed E-state index contributed by atoms with van der Waals surface area (Å²) in [6.07, 6.45) is 2.59. The third kappa shape index (κ3) is 12.7. The number of hydrogen-bond acceptors (Lipinski definition) is 11. The van der Waals surface area contributed by atoms with Crippen molar-refractivity contribution < 1.29 is 38.0 Å². The van der Waals surface area contributed by atoms with Crippen LogP contribution in [-0.2, 0) is 16.1 Å². The van der Waals surface area contributed by atoms with Crippen LogP contribution in [0.2, 0.25) is 0 Å². The van der Waals surface area contributed by atoms with Crippen LogP contribution in [0.1, 0.15) is 75.6 Å². The largest absolute Gasteiger partial charge is 0.494 e. The van der Waals surface area contributed by atoms with E-state index >= 15 is 0 Å². The summed E-state index contributed by atoms with van der Waals surface area (Å²) in [5.41, 5.74) is 11.2. The van der Waals surface area contributed by atoms with Crippen molar-refractivity contribution in [2.75, 3.05) is 63.4 Å². The molecule has 2 N–H and O–H groups in total. The van der Waals surface area contributed by atoms with Gasteiger partial charge >= 0.3 is 5.97 Å². The number of nitrogens with zero attached hydrogens (tertiary/aromatic N) is 2. The van der Waals surface area contributed by atoms with E-state index in [4.69, 9.17) is 38.9 Å². The Bertz CT molecular complexity index is 2120. The number of hydrogen-bond donors (Lipinski definition) is 1. The van der Waals surface area contributed by atoms with Gasteiger partial charge in [-0.05, 0) is 90.9 Å². The molecule has 2 aliphatic heterocycles. The zero-order valence-corrected chi connectivity index (χ0v) is 37.1.